The first-order valence-electron chi connectivity index (χ1n) is 7.53. The molecule has 0 unspecified atom stereocenters. The van der Waals surface area contributed by atoms with Gasteiger partial charge < -0.3 is 4.74 Å². The van der Waals surface area contributed by atoms with Crippen LogP contribution in [0.15, 0.2) is 17.0 Å². The molecule has 2 rings (SSSR count). The Labute approximate surface area is 127 Å². The van der Waals surface area contributed by atoms with Crippen molar-refractivity contribution in [1.82, 2.24) is 4.72 Å². The van der Waals surface area contributed by atoms with Gasteiger partial charge in [0.05, 0.1) is 7.11 Å². The fourth-order valence-corrected chi connectivity index (χ4v) is 4.29. The van der Waals surface area contributed by atoms with E-state index in [4.69, 9.17) is 4.74 Å². The standard InChI is InChI=1S/C16H25NO3S/c1-5-16(2,3)17-21(18,19)15-11-13-9-7-6-8-12(13)10-14(15)20-4/h10-11,17H,5-9H2,1-4H3. The van der Waals surface area contributed by atoms with Gasteiger partial charge in [-0.2, -0.15) is 0 Å². The number of rotatable bonds is 5. The first kappa shape index (κ1) is 16.3. The van der Waals surface area contributed by atoms with Crippen molar-refractivity contribution in [3.05, 3.63) is 23.3 Å². The largest absolute Gasteiger partial charge is 0.495 e. The number of fused-ring (bicyclic) bond motifs is 1. The van der Waals surface area contributed by atoms with E-state index < -0.39 is 15.6 Å². The normalized spacial score (nSPS) is 15.6. The number of benzene rings is 1. The van der Waals surface area contributed by atoms with E-state index in [1.807, 2.05) is 26.8 Å². The van der Waals surface area contributed by atoms with Crippen LogP contribution in [0, 0.1) is 0 Å². The number of hydrogen-bond donors (Lipinski definition) is 1. The summed E-state index contributed by atoms with van der Waals surface area (Å²) in [7, 11) is -2.06. The van der Waals surface area contributed by atoms with E-state index in [9.17, 15) is 8.42 Å². The Hall–Kier alpha value is -1.07. The molecule has 0 aromatic heterocycles. The van der Waals surface area contributed by atoms with E-state index in [-0.39, 0.29) is 4.90 Å². The van der Waals surface area contributed by atoms with E-state index in [0.29, 0.717) is 5.75 Å². The molecule has 0 atom stereocenters. The Kier molecular flexibility index (Phi) is 4.63. The molecule has 21 heavy (non-hydrogen) atoms. The topological polar surface area (TPSA) is 55.4 Å². The van der Waals surface area contributed by atoms with Crippen molar-refractivity contribution < 1.29 is 13.2 Å². The summed E-state index contributed by atoms with van der Waals surface area (Å²) in [6.07, 6.45) is 4.94. The van der Waals surface area contributed by atoms with Gasteiger partial charge in [0.2, 0.25) is 10.0 Å². The molecule has 0 heterocycles. The molecule has 5 heteroatoms. The quantitative estimate of drug-likeness (QED) is 0.909. The summed E-state index contributed by atoms with van der Waals surface area (Å²) in [6, 6.07) is 3.68. The Balaban J connectivity index is 2.47. The van der Waals surface area contributed by atoms with Gasteiger partial charge in [-0.3, -0.25) is 0 Å². The summed E-state index contributed by atoms with van der Waals surface area (Å²) >= 11 is 0. The molecule has 0 spiro atoms. The molecule has 0 fully saturated rings. The molecule has 4 nitrogen and oxygen atoms in total. The van der Waals surface area contributed by atoms with Gasteiger partial charge in [-0.1, -0.05) is 6.92 Å². The van der Waals surface area contributed by atoms with Crippen LogP contribution in [0.1, 0.15) is 51.2 Å². The van der Waals surface area contributed by atoms with Crippen LogP contribution >= 0.6 is 0 Å². The number of methoxy groups -OCH3 is 1. The van der Waals surface area contributed by atoms with Gasteiger partial charge in [0.1, 0.15) is 10.6 Å². The lowest BCUT2D eigenvalue weighted by Gasteiger charge is -2.26. The highest BCUT2D eigenvalue weighted by Gasteiger charge is 2.28. The Bertz CT molecular complexity index is 621. The summed E-state index contributed by atoms with van der Waals surface area (Å²) in [5.74, 6) is 0.440. The first-order chi connectivity index (χ1) is 9.79. The van der Waals surface area contributed by atoms with Crippen LogP contribution in [-0.2, 0) is 22.9 Å². The second kappa shape index (κ2) is 5.97. The zero-order chi connectivity index (χ0) is 15.7. The fraction of sp³-hybridized carbons (Fsp3) is 0.625. The highest BCUT2D eigenvalue weighted by atomic mass is 32.2. The third-order valence-corrected chi connectivity index (χ3v) is 5.93. The van der Waals surface area contributed by atoms with Crippen LogP contribution in [-0.4, -0.2) is 21.1 Å². The SMILES string of the molecule is CCC(C)(C)NS(=O)(=O)c1cc2c(cc1OC)CCCC2. The number of sulfonamides is 1. The minimum atomic E-state index is -3.58. The van der Waals surface area contributed by atoms with Crippen molar-refractivity contribution in [2.24, 2.45) is 0 Å². The van der Waals surface area contributed by atoms with Crippen LogP contribution in [0.4, 0.5) is 0 Å². The van der Waals surface area contributed by atoms with Gasteiger partial charge in [-0.25, -0.2) is 13.1 Å². The summed E-state index contributed by atoms with van der Waals surface area (Å²) in [5.41, 5.74) is 1.88. The van der Waals surface area contributed by atoms with Crippen LogP contribution in [0.2, 0.25) is 0 Å². The maximum atomic E-state index is 12.7. The van der Waals surface area contributed by atoms with Crippen molar-refractivity contribution in [3.63, 3.8) is 0 Å². The first-order valence-corrected chi connectivity index (χ1v) is 9.01. The summed E-state index contributed by atoms with van der Waals surface area (Å²) in [5, 5.41) is 0. The monoisotopic (exact) mass is 311 g/mol. The van der Waals surface area contributed by atoms with Crippen molar-refractivity contribution in [1.29, 1.82) is 0 Å². The van der Waals surface area contributed by atoms with E-state index in [1.165, 1.54) is 12.7 Å². The zero-order valence-electron chi connectivity index (χ0n) is 13.3. The summed E-state index contributed by atoms with van der Waals surface area (Å²) in [6.45, 7) is 5.73. The summed E-state index contributed by atoms with van der Waals surface area (Å²) in [4.78, 5) is 0.257. The number of nitrogens with one attached hydrogen (secondary N) is 1. The molecule has 118 valence electrons. The lowest BCUT2D eigenvalue weighted by molar-refractivity contribution is 0.397. The lowest BCUT2D eigenvalue weighted by Crippen LogP contribution is -2.42. The molecule has 1 N–H and O–H groups in total. The molecular formula is C16H25NO3S. The average Bonchev–Trinajstić information content (AvgIpc) is 2.44. The second-order valence-electron chi connectivity index (χ2n) is 6.32. The van der Waals surface area contributed by atoms with Crippen molar-refractivity contribution in [2.75, 3.05) is 7.11 Å². The number of aryl methyl sites for hydroxylation is 2. The Morgan fingerprint density at radius 3 is 2.29 bits per heavy atom. The number of hydrogen-bond acceptors (Lipinski definition) is 3. The predicted molar refractivity (Wildman–Crippen MR) is 84.3 cm³/mol. The molecular weight excluding hydrogens is 286 g/mol. The van der Waals surface area contributed by atoms with Crippen LogP contribution < -0.4 is 9.46 Å². The number of ether oxygens (including phenoxy) is 1. The second-order valence-corrected chi connectivity index (χ2v) is 7.97. The van der Waals surface area contributed by atoms with Crippen LogP contribution in [0.25, 0.3) is 0 Å². The maximum absolute atomic E-state index is 12.7. The fourth-order valence-electron chi connectivity index (χ4n) is 2.60. The highest BCUT2D eigenvalue weighted by Crippen LogP contribution is 2.32. The molecule has 0 amide bonds. The third-order valence-electron chi connectivity index (χ3n) is 4.21. The van der Waals surface area contributed by atoms with Crippen molar-refractivity contribution in [2.45, 2.75) is 63.3 Å². The summed E-state index contributed by atoms with van der Waals surface area (Å²) < 4.78 is 33.5. The van der Waals surface area contributed by atoms with Crippen molar-refractivity contribution in [3.8, 4) is 5.75 Å². The average molecular weight is 311 g/mol. The van der Waals surface area contributed by atoms with Gasteiger partial charge in [-0.05, 0) is 69.2 Å². The van der Waals surface area contributed by atoms with Gasteiger partial charge in [0.15, 0.2) is 0 Å². The van der Waals surface area contributed by atoms with Crippen LogP contribution in [0.5, 0.6) is 5.75 Å². The molecule has 1 aliphatic rings. The highest BCUT2D eigenvalue weighted by molar-refractivity contribution is 7.89. The molecule has 0 saturated heterocycles. The molecule has 1 aromatic carbocycles. The van der Waals surface area contributed by atoms with E-state index in [1.54, 1.807) is 6.07 Å². The molecule has 1 aromatic rings. The Morgan fingerprint density at radius 2 is 1.76 bits per heavy atom. The van der Waals surface area contributed by atoms with Gasteiger partial charge >= 0.3 is 0 Å². The Morgan fingerprint density at radius 1 is 1.19 bits per heavy atom. The zero-order valence-corrected chi connectivity index (χ0v) is 14.1. The van der Waals surface area contributed by atoms with E-state index >= 15 is 0 Å². The lowest BCUT2D eigenvalue weighted by atomic mass is 9.92. The molecule has 0 saturated carbocycles. The molecule has 0 aliphatic heterocycles. The minimum Gasteiger partial charge on any atom is -0.495 e. The maximum Gasteiger partial charge on any atom is 0.244 e. The van der Waals surface area contributed by atoms with Crippen LogP contribution in [0.3, 0.4) is 0 Å². The van der Waals surface area contributed by atoms with Gasteiger partial charge in [0, 0.05) is 5.54 Å². The van der Waals surface area contributed by atoms with Gasteiger partial charge in [0.25, 0.3) is 0 Å². The van der Waals surface area contributed by atoms with E-state index in [2.05, 4.69) is 4.72 Å². The van der Waals surface area contributed by atoms with Gasteiger partial charge in [-0.15, -0.1) is 0 Å². The third kappa shape index (κ3) is 3.58. The molecule has 1 aliphatic carbocycles. The van der Waals surface area contributed by atoms with E-state index in [0.717, 1.165) is 37.7 Å². The smallest absolute Gasteiger partial charge is 0.244 e. The minimum absolute atomic E-state index is 0.257. The predicted octanol–water partition coefficient (Wildman–Crippen LogP) is 3.04. The molecule has 0 radical (unpaired) electrons. The van der Waals surface area contributed by atoms with Crippen molar-refractivity contribution >= 4 is 10.0 Å². The molecule has 0 bridgehead atoms.